The lowest BCUT2D eigenvalue weighted by Crippen LogP contribution is -2.41. The van der Waals surface area contributed by atoms with Crippen LogP contribution in [0.1, 0.15) is 24.3 Å². The zero-order valence-corrected chi connectivity index (χ0v) is 13.7. The smallest absolute Gasteiger partial charge is 0.276 e. The highest BCUT2D eigenvalue weighted by Gasteiger charge is 2.21. The molecule has 0 spiro atoms. The van der Waals surface area contributed by atoms with E-state index in [0.29, 0.717) is 18.8 Å². The Morgan fingerprint density at radius 2 is 1.78 bits per heavy atom. The second kappa shape index (κ2) is 7.58. The summed E-state index contributed by atoms with van der Waals surface area (Å²) < 4.78 is 5.22. The minimum absolute atomic E-state index is 0.0219. The van der Waals surface area contributed by atoms with Crippen LogP contribution in [0, 0.1) is 0 Å². The van der Waals surface area contributed by atoms with Crippen molar-refractivity contribution in [3.63, 3.8) is 0 Å². The molecule has 1 aromatic heterocycles. The zero-order chi connectivity index (χ0) is 16.8. The molecule has 0 saturated heterocycles. The van der Waals surface area contributed by atoms with Crippen molar-refractivity contribution in [3.05, 3.63) is 42.1 Å². The van der Waals surface area contributed by atoms with Crippen LogP contribution in [-0.4, -0.2) is 53.5 Å². The van der Waals surface area contributed by atoms with E-state index < -0.39 is 0 Å². The van der Waals surface area contributed by atoms with E-state index in [1.54, 1.807) is 18.0 Å². The van der Waals surface area contributed by atoms with Crippen LogP contribution in [0.5, 0.6) is 0 Å². The van der Waals surface area contributed by atoms with Crippen LogP contribution < -0.4 is 0 Å². The quantitative estimate of drug-likeness (QED) is 0.820. The van der Waals surface area contributed by atoms with Gasteiger partial charge in [-0.05, 0) is 13.8 Å². The number of hydrogen-bond donors (Lipinski definition) is 0. The molecule has 6 nitrogen and oxygen atoms in total. The van der Waals surface area contributed by atoms with Gasteiger partial charge >= 0.3 is 0 Å². The first-order valence-corrected chi connectivity index (χ1v) is 7.62. The van der Waals surface area contributed by atoms with Gasteiger partial charge in [0.2, 0.25) is 5.91 Å². The Hall–Kier alpha value is -2.63. The standard InChI is InChI=1S/C17H21N3O3/c1-4-20(5-2)16(21)12-19(3)17(22)14-11-15(23-18-14)13-9-7-6-8-10-13/h6-11H,4-5,12H2,1-3H3. The summed E-state index contributed by atoms with van der Waals surface area (Å²) in [5, 5.41) is 3.81. The van der Waals surface area contributed by atoms with Crippen LogP contribution in [0.2, 0.25) is 0 Å². The first-order valence-electron chi connectivity index (χ1n) is 7.62. The van der Waals surface area contributed by atoms with Gasteiger partial charge in [0.15, 0.2) is 11.5 Å². The van der Waals surface area contributed by atoms with Crippen LogP contribution in [-0.2, 0) is 4.79 Å². The largest absolute Gasteiger partial charge is 0.355 e. The van der Waals surface area contributed by atoms with Crippen molar-refractivity contribution in [1.29, 1.82) is 0 Å². The summed E-state index contributed by atoms with van der Waals surface area (Å²) in [6, 6.07) is 11.0. The minimum Gasteiger partial charge on any atom is -0.355 e. The number of hydrogen-bond acceptors (Lipinski definition) is 4. The average Bonchev–Trinajstić information content (AvgIpc) is 3.06. The highest BCUT2D eigenvalue weighted by Crippen LogP contribution is 2.20. The van der Waals surface area contributed by atoms with Gasteiger partial charge in [-0.25, -0.2) is 0 Å². The molecule has 2 aromatic rings. The molecule has 2 rings (SSSR count). The molecule has 0 fully saturated rings. The van der Waals surface area contributed by atoms with Gasteiger partial charge in [-0.1, -0.05) is 35.5 Å². The van der Waals surface area contributed by atoms with Crippen molar-refractivity contribution < 1.29 is 14.1 Å². The lowest BCUT2D eigenvalue weighted by Gasteiger charge is -2.22. The SMILES string of the molecule is CCN(CC)C(=O)CN(C)C(=O)c1cc(-c2ccccc2)on1. The first kappa shape index (κ1) is 16.7. The molecule has 0 bridgehead atoms. The summed E-state index contributed by atoms with van der Waals surface area (Å²) in [5.41, 5.74) is 1.04. The van der Waals surface area contributed by atoms with Gasteiger partial charge in [0.25, 0.3) is 5.91 Å². The molecule has 0 N–H and O–H groups in total. The molecule has 2 amide bonds. The van der Waals surface area contributed by atoms with Gasteiger partial charge < -0.3 is 14.3 Å². The third kappa shape index (κ3) is 3.97. The molecule has 1 heterocycles. The summed E-state index contributed by atoms with van der Waals surface area (Å²) in [6.07, 6.45) is 0. The predicted octanol–water partition coefficient (Wildman–Crippen LogP) is 2.28. The summed E-state index contributed by atoms with van der Waals surface area (Å²) >= 11 is 0. The number of amides is 2. The molecule has 0 aliphatic rings. The molecule has 0 radical (unpaired) electrons. The fraction of sp³-hybridized carbons (Fsp3) is 0.353. The van der Waals surface area contributed by atoms with Gasteiger partial charge in [-0.15, -0.1) is 0 Å². The van der Waals surface area contributed by atoms with Crippen molar-refractivity contribution in [2.45, 2.75) is 13.8 Å². The first-order chi connectivity index (χ1) is 11.1. The van der Waals surface area contributed by atoms with Crippen LogP contribution in [0.3, 0.4) is 0 Å². The van der Waals surface area contributed by atoms with Gasteiger partial charge in [-0.3, -0.25) is 9.59 Å². The fourth-order valence-electron chi connectivity index (χ4n) is 2.26. The average molecular weight is 315 g/mol. The van der Waals surface area contributed by atoms with E-state index in [1.165, 1.54) is 4.90 Å². The van der Waals surface area contributed by atoms with Crippen molar-refractivity contribution in [3.8, 4) is 11.3 Å². The number of benzene rings is 1. The Morgan fingerprint density at radius 1 is 1.13 bits per heavy atom. The highest BCUT2D eigenvalue weighted by atomic mass is 16.5. The number of aromatic nitrogens is 1. The summed E-state index contributed by atoms with van der Waals surface area (Å²) in [4.78, 5) is 27.5. The molecule has 0 atom stereocenters. The van der Waals surface area contributed by atoms with E-state index in [9.17, 15) is 9.59 Å². The summed E-state index contributed by atoms with van der Waals surface area (Å²) in [5.74, 6) is 0.103. The zero-order valence-electron chi connectivity index (χ0n) is 13.7. The van der Waals surface area contributed by atoms with E-state index in [1.807, 2.05) is 44.2 Å². The Bertz CT molecular complexity index is 663. The Labute approximate surface area is 135 Å². The second-order valence-electron chi connectivity index (χ2n) is 5.17. The number of likely N-dealkylation sites (N-methyl/N-ethyl adjacent to an activating group) is 2. The molecule has 0 aliphatic heterocycles. The van der Waals surface area contributed by atoms with Crippen molar-refractivity contribution >= 4 is 11.8 Å². The molecule has 122 valence electrons. The fourth-order valence-corrected chi connectivity index (χ4v) is 2.26. The molecule has 23 heavy (non-hydrogen) atoms. The lowest BCUT2D eigenvalue weighted by molar-refractivity contribution is -0.131. The number of carbonyl (C=O) groups excluding carboxylic acids is 2. The van der Waals surface area contributed by atoms with Gasteiger partial charge in [0, 0.05) is 31.8 Å². The maximum atomic E-state index is 12.4. The van der Waals surface area contributed by atoms with Gasteiger partial charge in [0.05, 0.1) is 6.54 Å². The Morgan fingerprint density at radius 3 is 2.39 bits per heavy atom. The lowest BCUT2D eigenvalue weighted by atomic mass is 10.1. The Balaban J connectivity index is 2.06. The molecular formula is C17H21N3O3. The third-order valence-electron chi connectivity index (χ3n) is 3.62. The number of carbonyl (C=O) groups is 2. The topological polar surface area (TPSA) is 66.7 Å². The van der Waals surface area contributed by atoms with Crippen LogP contribution >= 0.6 is 0 Å². The highest BCUT2D eigenvalue weighted by molar-refractivity contribution is 5.95. The number of nitrogens with zero attached hydrogens (tertiary/aromatic N) is 3. The molecular weight excluding hydrogens is 294 g/mol. The van der Waals surface area contributed by atoms with Crippen LogP contribution in [0.4, 0.5) is 0 Å². The van der Waals surface area contributed by atoms with Crippen LogP contribution in [0.15, 0.2) is 40.9 Å². The van der Waals surface area contributed by atoms with Crippen molar-refractivity contribution in [1.82, 2.24) is 15.0 Å². The third-order valence-corrected chi connectivity index (χ3v) is 3.62. The molecule has 0 unspecified atom stereocenters. The minimum atomic E-state index is -0.337. The van der Waals surface area contributed by atoms with E-state index in [0.717, 1.165) is 5.56 Å². The summed E-state index contributed by atoms with van der Waals surface area (Å²) in [7, 11) is 1.58. The Kier molecular flexibility index (Phi) is 5.51. The molecule has 6 heteroatoms. The molecule has 0 saturated carbocycles. The van der Waals surface area contributed by atoms with E-state index in [4.69, 9.17) is 4.52 Å². The van der Waals surface area contributed by atoms with Crippen LogP contribution in [0.25, 0.3) is 11.3 Å². The number of rotatable bonds is 6. The second-order valence-corrected chi connectivity index (χ2v) is 5.17. The molecule has 0 aliphatic carbocycles. The van der Waals surface area contributed by atoms with E-state index >= 15 is 0 Å². The van der Waals surface area contributed by atoms with Crippen molar-refractivity contribution in [2.24, 2.45) is 0 Å². The van der Waals surface area contributed by atoms with Gasteiger partial charge in [0.1, 0.15) is 0 Å². The normalized spacial score (nSPS) is 10.4. The molecule has 1 aromatic carbocycles. The van der Waals surface area contributed by atoms with Crippen molar-refractivity contribution in [2.75, 3.05) is 26.7 Å². The summed E-state index contributed by atoms with van der Waals surface area (Å²) in [6.45, 7) is 5.09. The monoisotopic (exact) mass is 315 g/mol. The van der Waals surface area contributed by atoms with E-state index in [-0.39, 0.29) is 24.1 Å². The van der Waals surface area contributed by atoms with Gasteiger partial charge in [-0.2, -0.15) is 0 Å². The predicted molar refractivity (Wildman–Crippen MR) is 86.8 cm³/mol. The maximum Gasteiger partial charge on any atom is 0.276 e. The maximum absolute atomic E-state index is 12.4. The van der Waals surface area contributed by atoms with E-state index in [2.05, 4.69) is 5.16 Å².